The Hall–Kier alpha value is -1.91. The topological polar surface area (TPSA) is 65.5 Å². The lowest BCUT2D eigenvalue weighted by Crippen LogP contribution is -2.16. The molecule has 1 atom stereocenters. The normalized spacial score (nSPS) is 11.8. The van der Waals surface area contributed by atoms with Crippen molar-refractivity contribution in [1.29, 1.82) is 0 Å². The van der Waals surface area contributed by atoms with Crippen molar-refractivity contribution in [2.45, 2.75) is 97.8 Å². The van der Waals surface area contributed by atoms with Crippen LogP contribution in [0.25, 0.3) is 0 Å². The minimum absolute atomic E-state index is 0.155. The minimum Gasteiger partial charge on any atom is -0.461 e. The van der Waals surface area contributed by atoms with Gasteiger partial charge in [-0.1, -0.05) is 91.0 Å². The zero-order chi connectivity index (χ0) is 22.0. The highest BCUT2D eigenvalue weighted by molar-refractivity contribution is 5.91. The summed E-state index contributed by atoms with van der Waals surface area (Å²) in [6.45, 7) is 7.26. The first kappa shape index (κ1) is 26.1. The van der Waals surface area contributed by atoms with Crippen LogP contribution in [-0.4, -0.2) is 30.1 Å². The maximum absolute atomic E-state index is 12.3. The van der Waals surface area contributed by atoms with Crippen molar-refractivity contribution in [1.82, 2.24) is 4.98 Å². The molecule has 0 fully saturated rings. The van der Waals surface area contributed by atoms with E-state index in [-0.39, 0.29) is 11.4 Å². The largest absolute Gasteiger partial charge is 0.461 e. The molecule has 1 heterocycles. The monoisotopic (exact) mass is 419 g/mol. The van der Waals surface area contributed by atoms with Gasteiger partial charge in [0, 0.05) is 0 Å². The van der Waals surface area contributed by atoms with E-state index in [4.69, 9.17) is 9.47 Å². The van der Waals surface area contributed by atoms with Crippen LogP contribution < -0.4 is 0 Å². The van der Waals surface area contributed by atoms with Gasteiger partial charge in [-0.3, -0.25) is 0 Å². The van der Waals surface area contributed by atoms with Crippen LogP contribution in [0.3, 0.4) is 0 Å². The Morgan fingerprint density at radius 1 is 0.800 bits per heavy atom. The Morgan fingerprint density at radius 2 is 1.37 bits per heavy atom. The van der Waals surface area contributed by atoms with Crippen molar-refractivity contribution in [3.63, 3.8) is 0 Å². The molecular weight excluding hydrogens is 378 g/mol. The molecule has 0 N–H and O–H groups in total. The summed E-state index contributed by atoms with van der Waals surface area (Å²) >= 11 is 0. The third-order valence-electron chi connectivity index (χ3n) is 5.39. The summed E-state index contributed by atoms with van der Waals surface area (Å²) in [5, 5.41) is 0. The third-order valence-corrected chi connectivity index (χ3v) is 5.39. The highest BCUT2D eigenvalue weighted by Crippen LogP contribution is 2.14. The van der Waals surface area contributed by atoms with Gasteiger partial charge in [0.25, 0.3) is 0 Å². The molecule has 0 aliphatic heterocycles. The smallest absolute Gasteiger partial charge is 0.356 e. The van der Waals surface area contributed by atoms with E-state index in [0.29, 0.717) is 19.1 Å². The number of hydrogen-bond acceptors (Lipinski definition) is 5. The predicted octanol–water partition coefficient (Wildman–Crippen LogP) is 6.75. The van der Waals surface area contributed by atoms with Gasteiger partial charge in [-0.2, -0.15) is 0 Å². The maximum Gasteiger partial charge on any atom is 0.356 e. The fraction of sp³-hybridized carbons (Fsp3) is 0.720. The molecule has 0 bridgehead atoms. The number of nitrogens with zero attached hydrogens (tertiary/aromatic N) is 1. The summed E-state index contributed by atoms with van der Waals surface area (Å²) in [6.07, 6.45) is 13.8. The number of carbonyl (C=O) groups is 2. The molecular formula is C25H41NO4. The van der Waals surface area contributed by atoms with E-state index in [9.17, 15) is 9.59 Å². The molecule has 0 aliphatic rings. The first-order valence-electron chi connectivity index (χ1n) is 11.9. The van der Waals surface area contributed by atoms with Crippen LogP contribution >= 0.6 is 0 Å². The molecule has 5 nitrogen and oxygen atoms in total. The fourth-order valence-corrected chi connectivity index (χ4v) is 3.30. The molecule has 170 valence electrons. The lowest BCUT2D eigenvalue weighted by atomic mass is 10.0. The highest BCUT2D eigenvalue weighted by atomic mass is 16.5. The first-order valence-corrected chi connectivity index (χ1v) is 11.9. The van der Waals surface area contributed by atoms with E-state index in [0.717, 1.165) is 38.5 Å². The molecule has 0 aromatic carbocycles. The van der Waals surface area contributed by atoms with Gasteiger partial charge in [0.15, 0.2) is 0 Å². The second kappa shape index (κ2) is 16.8. The maximum atomic E-state index is 12.3. The fourth-order valence-electron chi connectivity index (χ4n) is 3.30. The summed E-state index contributed by atoms with van der Waals surface area (Å²) in [6, 6.07) is 4.79. The molecule has 0 amide bonds. The molecule has 0 aliphatic carbocycles. The summed E-state index contributed by atoms with van der Waals surface area (Å²) in [5.41, 5.74) is 0.309. The van der Waals surface area contributed by atoms with Crippen molar-refractivity contribution in [3.05, 3.63) is 29.6 Å². The third kappa shape index (κ3) is 11.3. The van der Waals surface area contributed by atoms with Gasteiger partial charge in [0.1, 0.15) is 11.4 Å². The van der Waals surface area contributed by atoms with E-state index >= 15 is 0 Å². The van der Waals surface area contributed by atoms with Crippen molar-refractivity contribution in [3.8, 4) is 0 Å². The number of rotatable bonds is 17. The molecule has 5 heteroatoms. The molecule has 0 spiro atoms. The number of esters is 2. The van der Waals surface area contributed by atoms with E-state index < -0.39 is 11.9 Å². The molecule has 0 saturated carbocycles. The SMILES string of the molecule is CCCCCCCCCCOC(=O)c1cccc(C(=O)OCC(CC)CCCC)n1. The molecule has 1 aromatic rings. The van der Waals surface area contributed by atoms with E-state index in [2.05, 4.69) is 25.8 Å². The Morgan fingerprint density at radius 3 is 1.97 bits per heavy atom. The standard InChI is InChI=1S/C25H41NO4/c1-4-7-9-10-11-12-13-14-19-29-24(27)22-17-15-18-23(26-22)25(28)30-20-21(6-3)16-8-5-2/h15,17-18,21H,4-14,16,19-20H2,1-3H3. The second-order valence-electron chi connectivity index (χ2n) is 8.03. The summed E-state index contributed by atoms with van der Waals surface area (Å²) < 4.78 is 10.7. The van der Waals surface area contributed by atoms with Gasteiger partial charge in [-0.25, -0.2) is 14.6 Å². The molecule has 30 heavy (non-hydrogen) atoms. The molecule has 1 unspecified atom stereocenters. The quantitative estimate of drug-likeness (QED) is 0.206. The molecule has 1 rings (SSSR count). The Kier molecular flexibility index (Phi) is 14.7. The first-order chi connectivity index (χ1) is 14.6. The molecule has 1 aromatic heterocycles. The zero-order valence-electron chi connectivity index (χ0n) is 19.3. The van der Waals surface area contributed by atoms with Gasteiger partial charge in [-0.15, -0.1) is 0 Å². The lowest BCUT2D eigenvalue weighted by molar-refractivity contribution is 0.0420. The number of ether oxygens (including phenoxy) is 2. The zero-order valence-corrected chi connectivity index (χ0v) is 19.3. The van der Waals surface area contributed by atoms with Crippen molar-refractivity contribution in [2.24, 2.45) is 5.92 Å². The van der Waals surface area contributed by atoms with Crippen molar-refractivity contribution in [2.75, 3.05) is 13.2 Å². The Balaban J connectivity index is 2.34. The average Bonchev–Trinajstić information content (AvgIpc) is 2.77. The van der Waals surface area contributed by atoms with Gasteiger partial charge in [-0.05, 0) is 30.9 Å². The highest BCUT2D eigenvalue weighted by Gasteiger charge is 2.16. The predicted molar refractivity (Wildman–Crippen MR) is 121 cm³/mol. The number of hydrogen-bond donors (Lipinski definition) is 0. The van der Waals surface area contributed by atoms with Gasteiger partial charge >= 0.3 is 11.9 Å². The van der Waals surface area contributed by atoms with Crippen LogP contribution in [0.15, 0.2) is 18.2 Å². The van der Waals surface area contributed by atoms with Crippen molar-refractivity contribution < 1.29 is 19.1 Å². The van der Waals surface area contributed by atoms with Crippen LogP contribution in [0.2, 0.25) is 0 Å². The van der Waals surface area contributed by atoms with Gasteiger partial charge in [0.05, 0.1) is 13.2 Å². The summed E-state index contributed by atoms with van der Waals surface area (Å²) in [4.78, 5) is 28.7. The van der Waals surface area contributed by atoms with E-state index in [1.165, 1.54) is 38.5 Å². The molecule has 0 saturated heterocycles. The van der Waals surface area contributed by atoms with Gasteiger partial charge in [0.2, 0.25) is 0 Å². The summed E-state index contributed by atoms with van der Waals surface area (Å²) in [5.74, 6) is -0.599. The summed E-state index contributed by atoms with van der Waals surface area (Å²) in [7, 11) is 0. The Labute approximate surface area is 183 Å². The van der Waals surface area contributed by atoms with E-state index in [1.54, 1.807) is 18.2 Å². The van der Waals surface area contributed by atoms with Crippen LogP contribution in [0.1, 0.15) is 119 Å². The lowest BCUT2D eigenvalue weighted by Gasteiger charge is -2.14. The number of pyridine rings is 1. The van der Waals surface area contributed by atoms with Crippen LogP contribution in [-0.2, 0) is 9.47 Å². The second-order valence-corrected chi connectivity index (χ2v) is 8.03. The number of aromatic nitrogens is 1. The van der Waals surface area contributed by atoms with Crippen LogP contribution in [0.4, 0.5) is 0 Å². The van der Waals surface area contributed by atoms with E-state index in [1.807, 2.05) is 0 Å². The Bertz CT molecular complexity index is 603. The average molecular weight is 420 g/mol. The minimum atomic E-state index is -0.484. The molecule has 0 radical (unpaired) electrons. The van der Waals surface area contributed by atoms with Gasteiger partial charge < -0.3 is 9.47 Å². The van der Waals surface area contributed by atoms with Crippen molar-refractivity contribution >= 4 is 11.9 Å². The van der Waals surface area contributed by atoms with Crippen LogP contribution in [0.5, 0.6) is 0 Å². The number of unbranched alkanes of at least 4 members (excludes halogenated alkanes) is 8. The number of carbonyl (C=O) groups excluding carboxylic acids is 2. The van der Waals surface area contributed by atoms with Crippen LogP contribution in [0, 0.1) is 5.92 Å².